The Bertz CT molecular complexity index is 484. The molecule has 0 aliphatic carbocycles. The maximum absolute atomic E-state index is 5.78. The van der Waals surface area contributed by atoms with Gasteiger partial charge in [-0.2, -0.15) is 4.80 Å². The summed E-state index contributed by atoms with van der Waals surface area (Å²) in [7, 11) is 0. The molecule has 1 heterocycles. The molecule has 2 N–H and O–H groups in total. The van der Waals surface area contributed by atoms with Crippen LogP contribution in [0.1, 0.15) is 12.2 Å². The van der Waals surface area contributed by atoms with Gasteiger partial charge in [0.05, 0.1) is 6.54 Å². The number of halogens is 1. The molecule has 96 valence electrons. The van der Waals surface area contributed by atoms with Crippen LogP contribution in [0, 0.1) is 0 Å². The van der Waals surface area contributed by atoms with Gasteiger partial charge in [0.2, 0.25) is 5.82 Å². The van der Waals surface area contributed by atoms with Gasteiger partial charge in [0.1, 0.15) is 5.75 Å². The molecule has 0 aliphatic heterocycles. The Kier molecular flexibility index (Phi) is 4.49. The number of nitrogens with zero attached hydrogens (tertiary/aromatic N) is 4. The Morgan fingerprint density at radius 1 is 1.28 bits per heavy atom. The van der Waals surface area contributed by atoms with Crippen LogP contribution in [0.5, 0.6) is 5.75 Å². The number of hydrogen-bond donors (Lipinski definition) is 1. The van der Waals surface area contributed by atoms with E-state index in [9.17, 15) is 0 Å². The van der Waals surface area contributed by atoms with Crippen LogP contribution in [-0.2, 0) is 13.2 Å². The molecule has 0 atom stereocenters. The zero-order chi connectivity index (χ0) is 12.8. The van der Waals surface area contributed by atoms with Crippen molar-refractivity contribution >= 4 is 11.6 Å². The molecular weight excluding hydrogens is 254 g/mol. The van der Waals surface area contributed by atoms with Crippen molar-refractivity contribution in [1.82, 2.24) is 20.2 Å². The minimum absolute atomic E-state index is 0.282. The lowest BCUT2D eigenvalue weighted by molar-refractivity contribution is 0.295. The first-order valence-electron chi connectivity index (χ1n) is 5.63. The van der Waals surface area contributed by atoms with E-state index in [0.29, 0.717) is 23.9 Å². The van der Waals surface area contributed by atoms with Gasteiger partial charge in [0.15, 0.2) is 6.61 Å². The highest BCUT2D eigenvalue weighted by molar-refractivity contribution is 6.30. The van der Waals surface area contributed by atoms with Gasteiger partial charge in [0, 0.05) is 5.02 Å². The highest BCUT2D eigenvalue weighted by Crippen LogP contribution is 2.16. The zero-order valence-corrected chi connectivity index (χ0v) is 10.5. The standard InChI is InChI=1S/C11H14ClN5O/c12-9-2-4-10(5-3-9)18-8-11-14-16-17(15-11)7-1-6-13/h2-5H,1,6-8,13H2. The molecule has 2 aromatic rings. The van der Waals surface area contributed by atoms with Gasteiger partial charge in [0.25, 0.3) is 0 Å². The van der Waals surface area contributed by atoms with Gasteiger partial charge in [-0.15, -0.1) is 10.2 Å². The number of benzene rings is 1. The molecule has 6 nitrogen and oxygen atoms in total. The van der Waals surface area contributed by atoms with Crippen LogP contribution in [0.25, 0.3) is 0 Å². The molecule has 1 aromatic heterocycles. The van der Waals surface area contributed by atoms with Crippen molar-refractivity contribution < 1.29 is 4.74 Å². The third kappa shape index (κ3) is 3.68. The van der Waals surface area contributed by atoms with Gasteiger partial charge < -0.3 is 10.5 Å². The first-order valence-corrected chi connectivity index (χ1v) is 6.01. The van der Waals surface area contributed by atoms with E-state index >= 15 is 0 Å². The number of aromatic nitrogens is 4. The van der Waals surface area contributed by atoms with Crippen LogP contribution in [0.2, 0.25) is 5.02 Å². The summed E-state index contributed by atoms with van der Waals surface area (Å²) in [6, 6.07) is 7.12. The second kappa shape index (κ2) is 6.32. The first-order chi connectivity index (χ1) is 8.78. The van der Waals surface area contributed by atoms with Crippen molar-refractivity contribution in [2.75, 3.05) is 6.54 Å². The highest BCUT2D eigenvalue weighted by Gasteiger charge is 2.03. The van der Waals surface area contributed by atoms with Crippen LogP contribution < -0.4 is 10.5 Å². The van der Waals surface area contributed by atoms with E-state index < -0.39 is 0 Å². The molecule has 0 radical (unpaired) electrons. The van der Waals surface area contributed by atoms with Gasteiger partial charge in [-0.05, 0) is 42.4 Å². The Labute approximate surface area is 110 Å². The first kappa shape index (κ1) is 12.8. The molecule has 18 heavy (non-hydrogen) atoms. The number of aryl methyl sites for hydroxylation is 1. The molecule has 0 amide bonds. The van der Waals surface area contributed by atoms with Gasteiger partial charge >= 0.3 is 0 Å². The van der Waals surface area contributed by atoms with E-state index in [4.69, 9.17) is 22.1 Å². The van der Waals surface area contributed by atoms with E-state index in [0.717, 1.165) is 12.2 Å². The monoisotopic (exact) mass is 267 g/mol. The van der Waals surface area contributed by atoms with E-state index in [1.54, 1.807) is 24.3 Å². The van der Waals surface area contributed by atoms with Crippen molar-refractivity contribution in [1.29, 1.82) is 0 Å². The molecule has 0 spiro atoms. The topological polar surface area (TPSA) is 78.9 Å². The fourth-order valence-corrected chi connectivity index (χ4v) is 1.47. The number of tetrazole rings is 1. The Morgan fingerprint density at radius 3 is 2.78 bits per heavy atom. The normalized spacial score (nSPS) is 10.6. The van der Waals surface area contributed by atoms with Crippen molar-refractivity contribution in [2.45, 2.75) is 19.6 Å². The summed E-state index contributed by atoms with van der Waals surface area (Å²) in [6.45, 7) is 1.56. The lowest BCUT2D eigenvalue weighted by Crippen LogP contribution is -2.08. The quantitative estimate of drug-likeness (QED) is 0.852. The summed E-state index contributed by atoms with van der Waals surface area (Å²) in [6.07, 6.45) is 0.827. The number of hydrogen-bond acceptors (Lipinski definition) is 5. The molecule has 0 saturated carbocycles. The van der Waals surface area contributed by atoms with Crippen LogP contribution in [0.4, 0.5) is 0 Å². The summed E-state index contributed by atoms with van der Waals surface area (Å²) < 4.78 is 5.50. The summed E-state index contributed by atoms with van der Waals surface area (Å²) in [5.41, 5.74) is 5.41. The maximum atomic E-state index is 5.78. The molecule has 1 aromatic carbocycles. The van der Waals surface area contributed by atoms with E-state index in [2.05, 4.69) is 15.4 Å². The second-order valence-corrected chi connectivity index (χ2v) is 4.12. The molecule has 0 saturated heterocycles. The Morgan fingerprint density at radius 2 is 2.06 bits per heavy atom. The summed E-state index contributed by atoms with van der Waals surface area (Å²) in [4.78, 5) is 1.52. The molecule has 7 heteroatoms. The molecule has 0 bridgehead atoms. The van der Waals surface area contributed by atoms with Crippen molar-refractivity contribution in [2.24, 2.45) is 5.73 Å². The van der Waals surface area contributed by atoms with Gasteiger partial charge in [-0.1, -0.05) is 11.6 Å². The van der Waals surface area contributed by atoms with Crippen LogP contribution in [0.3, 0.4) is 0 Å². The lowest BCUT2D eigenvalue weighted by Gasteiger charge is -2.02. The van der Waals surface area contributed by atoms with Crippen molar-refractivity contribution in [3.05, 3.63) is 35.1 Å². The third-order valence-electron chi connectivity index (χ3n) is 2.24. The fourth-order valence-electron chi connectivity index (χ4n) is 1.34. The minimum atomic E-state index is 0.282. The predicted molar refractivity (Wildman–Crippen MR) is 67.3 cm³/mol. The van der Waals surface area contributed by atoms with Crippen LogP contribution in [-0.4, -0.2) is 26.8 Å². The van der Waals surface area contributed by atoms with E-state index in [1.165, 1.54) is 4.80 Å². The maximum Gasteiger partial charge on any atom is 0.212 e. The van der Waals surface area contributed by atoms with E-state index in [1.807, 2.05) is 0 Å². The predicted octanol–water partition coefficient (Wildman–Crippen LogP) is 1.25. The smallest absolute Gasteiger partial charge is 0.212 e. The summed E-state index contributed by atoms with van der Waals surface area (Å²) >= 11 is 5.78. The fraction of sp³-hybridized carbons (Fsp3) is 0.364. The van der Waals surface area contributed by atoms with Crippen LogP contribution >= 0.6 is 11.6 Å². The lowest BCUT2D eigenvalue weighted by atomic mass is 10.3. The van der Waals surface area contributed by atoms with Gasteiger partial charge in [-0.3, -0.25) is 0 Å². The minimum Gasteiger partial charge on any atom is -0.485 e. The summed E-state index contributed by atoms with van der Waals surface area (Å²) in [5.74, 6) is 1.26. The number of nitrogens with two attached hydrogens (primary N) is 1. The van der Waals surface area contributed by atoms with E-state index in [-0.39, 0.29) is 6.61 Å². The highest BCUT2D eigenvalue weighted by atomic mass is 35.5. The Hall–Kier alpha value is -1.66. The second-order valence-electron chi connectivity index (χ2n) is 3.69. The number of rotatable bonds is 6. The van der Waals surface area contributed by atoms with Gasteiger partial charge in [-0.25, -0.2) is 0 Å². The molecule has 0 aliphatic rings. The number of ether oxygens (including phenoxy) is 1. The molecular formula is C11H14ClN5O. The molecule has 2 rings (SSSR count). The Balaban J connectivity index is 1.86. The average Bonchev–Trinajstić information content (AvgIpc) is 2.84. The van der Waals surface area contributed by atoms with Crippen LogP contribution in [0.15, 0.2) is 24.3 Å². The summed E-state index contributed by atoms with van der Waals surface area (Å²) in [5, 5.41) is 12.6. The average molecular weight is 268 g/mol. The van der Waals surface area contributed by atoms with Crippen molar-refractivity contribution in [3.8, 4) is 5.75 Å². The van der Waals surface area contributed by atoms with Crippen molar-refractivity contribution in [3.63, 3.8) is 0 Å². The SMILES string of the molecule is NCCCn1nnc(COc2ccc(Cl)cc2)n1. The largest absolute Gasteiger partial charge is 0.485 e. The third-order valence-corrected chi connectivity index (χ3v) is 2.49. The zero-order valence-electron chi connectivity index (χ0n) is 9.79. The molecule has 0 fully saturated rings. The molecule has 0 unspecified atom stereocenters.